The van der Waals surface area contributed by atoms with E-state index in [0.29, 0.717) is 28.9 Å². The number of hydrogen-bond donors (Lipinski definition) is 1. The minimum Gasteiger partial charge on any atom is -0.301 e. The zero-order chi connectivity index (χ0) is 20.6. The Hall–Kier alpha value is -1.05. The van der Waals surface area contributed by atoms with Crippen LogP contribution in [-0.4, -0.2) is 36.2 Å². The molecular weight excluding hydrogens is 565 g/mol. The predicted molar refractivity (Wildman–Crippen MR) is 125 cm³/mol. The van der Waals surface area contributed by atoms with Crippen LogP contribution in [0.3, 0.4) is 0 Å². The van der Waals surface area contributed by atoms with Crippen LogP contribution in [0, 0.1) is 3.57 Å². The number of nitrogens with zero attached hydrogens (tertiary/aromatic N) is 2. The van der Waals surface area contributed by atoms with Gasteiger partial charge in [0.1, 0.15) is 10.3 Å². The van der Waals surface area contributed by atoms with Gasteiger partial charge in [0, 0.05) is 21.1 Å². The van der Waals surface area contributed by atoms with E-state index >= 15 is 0 Å². The third-order valence-corrected chi connectivity index (χ3v) is 9.58. The molecule has 1 unspecified atom stereocenters. The minimum absolute atomic E-state index is 0.150. The molecule has 0 radical (unpaired) electrons. The van der Waals surface area contributed by atoms with Crippen molar-refractivity contribution in [3.05, 3.63) is 49.7 Å². The summed E-state index contributed by atoms with van der Waals surface area (Å²) in [7, 11) is -3.76. The zero-order valence-corrected chi connectivity index (χ0v) is 20.2. The molecule has 29 heavy (non-hydrogen) atoms. The van der Waals surface area contributed by atoms with Gasteiger partial charge in [-0.3, -0.25) is 4.79 Å². The van der Waals surface area contributed by atoms with Gasteiger partial charge in [-0.15, -0.1) is 22.7 Å². The van der Waals surface area contributed by atoms with Gasteiger partial charge in [-0.25, -0.2) is 13.4 Å². The number of sulfonamides is 1. The molecule has 152 valence electrons. The molecule has 0 aliphatic carbocycles. The average molecular weight is 580 g/mol. The lowest BCUT2D eigenvalue weighted by atomic mass is 10.2. The number of thiophene rings is 1. The second-order valence-corrected chi connectivity index (χ2v) is 12.3. The normalized spacial score (nSPS) is 17.5. The summed E-state index contributed by atoms with van der Waals surface area (Å²) in [4.78, 5) is 17.3. The van der Waals surface area contributed by atoms with Gasteiger partial charge in [0.05, 0.1) is 10.0 Å². The molecule has 1 saturated heterocycles. The fraction of sp³-hybridized carbons (Fsp3) is 0.222. The maximum Gasteiger partial charge on any atom is 0.253 e. The van der Waals surface area contributed by atoms with Gasteiger partial charge in [0.15, 0.2) is 5.13 Å². The van der Waals surface area contributed by atoms with Crippen LogP contribution in [0.4, 0.5) is 5.13 Å². The SMILES string of the molecule is O=C(Nc1nc(-c2ccc(I)cc2)cs1)C1CCCN1S(=O)(=O)c1ccc(Cl)s1. The summed E-state index contributed by atoms with van der Waals surface area (Å²) >= 11 is 10.4. The van der Waals surface area contributed by atoms with E-state index in [4.69, 9.17) is 11.6 Å². The Balaban J connectivity index is 1.50. The van der Waals surface area contributed by atoms with Crippen LogP contribution in [0.15, 0.2) is 46.0 Å². The Morgan fingerprint density at radius 3 is 2.69 bits per heavy atom. The highest BCUT2D eigenvalue weighted by atomic mass is 127. The Morgan fingerprint density at radius 1 is 1.24 bits per heavy atom. The van der Waals surface area contributed by atoms with Crippen LogP contribution >= 0.6 is 56.9 Å². The van der Waals surface area contributed by atoms with E-state index in [1.165, 1.54) is 21.7 Å². The molecule has 11 heteroatoms. The van der Waals surface area contributed by atoms with Crippen LogP contribution in [0.5, 0.6) is 0 Å². The molecule has 1 aliphatic heterocycles. The second-order valence-electron chi connectivity index (χ2n) is 6.37. The molecule has 2 aromatic heterocycles. The molecule has 0 saturated carbocycles. The lowest BCUT2D eigenvalue weighted by molar-refractivity contribution is -0.119. The first-order valence-corrected chi connectivity index (χ1v) is 13.2. The topological polar surface area (TPSA) is 79.4 Å². The smallest absolute Gasteiger partial charge is 0.253 e. The van der Waals surface area contributed by atoms with Crippen molar-refractivity contribution in [2.75, 3.05) is 11.9 Å². The Kier molecular flexibility index (Phi) is 6.28. The van der Waals surface area contributed by atoms with Crippen LogP contribution in [0.2, 0.25) is 4.34 Å². The molecule has 3 heterocycles. The molecule has 1 atom stereocenters. The predicted octanol–water partition coefficient (Wildman–Crippen LogP) is 4.92. The number of rotatable bonds is 5. The van der Waals surface area contributed by atoms with Crippen molar-refractivity contribution in [3.63, 3.8) is 0 Å². The number of carbonyl (C=O) groups is 1. The maximum atomic E-state index is 12.9. The number of hydrogen-bond acceptors (Lipinski definition) is 6. The number of halogens is 2. The third-order valence-electron chi connectivity index (χ3n) is 4.49. The Labute approximate surface area is 195 Å². The van der Waals surface area contributed by atoms with Crippen LogP contribution in [0.25, 0.3) is 11.3 Å². The lowest BCUT2D eigenvalue weighted by Gasteiger charge is -2.22. The van der Waals surface area contributed by atoms with Gasteiger partial charge in [-0.1, -0.05) is 23.7 Å². The molecular formula is C18H15ClIN3O3S3. The first kappa shape index (κ1) is 21.2. The van der Waals surface area contributed by atoms with Crippen molar-refractivity contribution >= 4 is 77.9 Å². The summed E-state index contributed by atoms with van der Waals surface area (Å²) < 4.78 is 28.8. The third kappa shape index (κ3) is 4.52. The Morgan fingerprint density at radius 2 is 2.00 bits per heavy atom. The fourth-order valence-corrected chi connectivity index (χ4v) is 7.47. The summed E-state index contributed by atoms with van der Waals surface area (Å²) in [5, 5.41) is 5.10. The maximum absolute atomic E-state index is 12.9. The molecule has 1 amide bonds. The summed E-state index contributed by atoms with van der Waals surface area (Å²) in [6.07, 6.45) is 1.10. The molecule has 1 aromatic carbocycles. The number of aromatic nitrogens is 1. The molecule has 0 bridgehead atoms. The number of amides is 1. The lowest BCUT2D eigenvalue weighted by Crippen LogP contribution is -2.42. The minimum atomic E-state index is -3.76. The number of benzene rings is 1. The quantitative estimate of drug-likeness (QED) is 0.435. The van der Waals surface area contributed by atoms with Crippen molar-refractivity contribution < 1.29 is 13.2 Å². The average Bonchev–Trinajstić information content (AvgIpc) is 3.42. The highest BCUT2D eigenvalue weighted by molar-refractivity contribution is 14.1. The molecule has 0 spiro atoms. The Bertz CT molecular complexity index is 1140. The first-order valence-electron chi connectivity index (χ1n) is 8.64. The van der Waals surface area contributed by atoms with E-state index in [2.05, 4.69) is 32.9 Å². The van der Waals surface area contributed by atoms with E-state index in [0.717, 1.165) is 26.2 Å². The van der Waals surface area contributed by atoms with Gasteiger partial charge in [0.2, 0.25) is 5.91 Å². The van der Waals surface area contributed by atoms with Gasteiger partial charge >= 0.3 is 0 Å². The monoisotopic (exact) mass is 579 g/mol. The molecule has 3 aromatic rings. The van der Waals surface area contributed by atoms with Crippen LogP contribution < -0.4 is 5.32 Å². The largest absolute Gasteiger partial charge is 0.301 e. The number of thiazole rings is 1. The van der Waals surface area contributed by atoms with E-state index in [-0.39, 0.29) is 10.1 Å². The summed E-state index contributed by atoms with van der Waals surface area (Å²) in [5.41, 5.74) is 1.73. The van der Waals surface area contributed by atoms with Gasteiger partial charge < -0.3 is 5.32 Å². The van der Waals surface area contributed by atoms with E-state index < -0.39 is 16.1 Å². The molecule has 6 nitrogen and oxygen atoms in total. The molecule has 1 N–H and O–H groups in total. The van der Waals surface area contributed by atoms with Crippen molar-refractivity contribution in [1.82, 2.24) is 9.29 Å². The molecule has 1 aliphatic rings. The number of nitrogens with one attached hydrogen (secondary N) is 1. The number of anilines is 1. The van der Waals surface area contributed by atoms with E-state index in [9.17, 15) is 13.2 Å². The fourth-order valence-electron chi connectivity index (χ4n) is 3.11. The summed E-state index contributed by atoms with van der Waals surface area (Å²) in [5.74, 6) is -0.364. The highest BCUT2D eigenvalue weighted by Gasteiger charge is 2.40. The van der Waals surface area contributed by atoms with Crippen molar-refractivity contribution in [2.45, 2.75) is 23.1 Å². The van der Waals surface area contributed by atoms with Crippen molar-refractivity contribution in [2.24, 2.45) is 0 Å². The highest BCUT2D eigenvalue weighted by Crippen LogP contribution is 2.33. The first-order chi connectivity index (χ1) is 13.8. The van der Waals surface area contributed by atoms with Gasteiger partial charge in [0.25, 0.3) is 10.0 Å². The van der Waals surface area contributed by atoms with Crippen LogP contribution in [0.1, 0.15) is 12.8 Å². The molecule has 1 fully saturated rings. The van der Waals surface area contributed by atoms with Gasteiger partial charge in [-0.2, -0.15) is 4.31 Å². The summed E-state index contributed by atoms with van der Waals surface area (Å²) in [6.45, 7) is 0.307. The second kappa shape index (κ2) is 8.60. The molecule has 4 rings (SSSR count). The zero-order valence-electron chi connectivity index (χ0n) is 14.8. The standard InChI is InChI=1S/C18H15ClIN3O3S3/c19-15-7-8-16(28-15)29(25,26)23-9-1-2-14(23)17(24)22-18-21-13(10-27-18)11-3-5-12(20)6-4-11/h3-8,10,14H,1-2,9H2,(H,21,22,24). The van der Waals surface area contributed by atoms with Gasteiger partial charge in [-0.05, 0) is 59.7 Å². The summed E-state index contributed by atoms with van der Waals surface area (Å²) in [6, 6.07) is 10.2. The van der Waals surface area contributed by atoms with E-state index in [1.54, 1.807) is 6.07 Å². The number of carbonyl (C=O) groups excluding carboxylic acids is 1. The van der Waals surface area contributed by atoms with Crippen LogP contribution in [-0.2, 0) is 14.8 Å². The van der Waals surface area contributed by atoms with Crippen molar-refractivity contribution in [1.29, 1.82) is 0 Å². The van der Waals surface area contributed by atoms with E-state index in [1.807, 2.05) is 29.6 Å². The van der Waals surface area contributed by atoms with Crippen molar-refractivity contribution in [3.8, 4) is 11.3 Å².